The summed E-state index contributed by atoms with van der Waals surface area (Å²) in [7, 11) is -0.915. The van der Waals surface area contributed by atoms with Gasteiger partial charge in [-0.2, -0.15) is 0 Å². The summed E-state index contributed by atoms with van der Waals surface area (Å²) in [6.45, 7) is 0. The third kappa shape index (κ3) is 2.36. The predicted octanol–water partition coefficient (Wildman–Crippen LogP) is 5.43. The van der Waals surface area contributed by atoms with Crippen molar-refractivity contribution in [2.45, 2.75) is 0 Å². The zero-order valence-corrected chi connectivity index (χ0v) is 14.8. The molecule has 4 aromatic carbocycles. The van der Waals surface area contributed by atoms with Crippen molar-refractivity contribution < 1.29 is 0 Å². The molecule has 0 bridgehead atoms. The Balaban J connectivity index is 1.70. The van der Waals surface area contributed by atoms with Crippen LogP contribution in [0.15, 0.2) is 103 Å². The third-order valence-electron chi connectivity index (χ3n) is 4.98. The Morgan fingerprint density at radius 1 is 0.560 bits per heavy atom. The molecule has 4 aromatic rings. The topological polar surface area (TPSA) is 0 Å². The molecule has 0 unspecified atom stereocenters. The molecule has 0 amide bonds. The lowest BCUT2D eigenvalue weighted by molar-refractivity contribution is 1.70. The van der Waals surface area contributed by atoms with Crippen molar-refractivity contribution >= 4 is 40.7 Å². The van der Waals surface area contributed by atoms with Gasteiger partial charge in [0.15, 0.2) is 0 Å². The Hall–Kier alpha value is -2.90. The monoisotopic (exact) mass is 333 g/mol. The molecule has 25 heavy (non-hydrogen) atoms. The van der Waals surface area contributed by atoms with Gasteiger partial charge in [-0.1, -0.05) is 103 Å². The maximum Gasteiger partial charge on any atom is 0.148 e. The Morgan fingerprint density at radius 3 is 2.04 bits per heavy atom. The highest BCUT2D eigenvalue weighted by Crippen LogP contribution is 2.30. The molecule has 1 aliphatic heterocycles. The van der Waals surface area contributed by atoms with E-state index in [2.05, 4.69) is 103 Å². The van der Waals surface area contributed by atoms with E-state index in [0.717, 1.165) is 0 Å². The normalized spacial score (nSPS) is 14.3. The fraction of sp³-hybridized carbons (Fsp3) is 0. The number of fused-ring (bicyclic) bond motifs is 2. The van der Waals surface area contributed by atoms with Crippen LogP contribution in [-0.2, 0) is 0 Å². The molecule has 1 heteroatoms. The minimum atomic E-state index is -0.915. The molecule has 1 heterocycles. The molecule has 0 fully saturated rings. The number of hydrogen-bond acceptors (Lipinski definition) is 0. The van der Waals surface area contributed by atoms with E-state index in [1.807, 2.05) is 0 Å². The highest BCUT2D eigenvalue weighted by Gasteiger charge is 2.23. The van der Waals surface area contributed by atoms with Crippen LogP contribution in [0.4, 0.5) is 0 Å². The fourth-order valence-electron chi connectivity index (χ4n) is 3.81. The van der Waals surface area contributed by atoms with E-state index in [0.29, 0.717) is 0 Å². The van der Waals surface area contributed by atoms with Gasteiger partial charge in [0.2, 0.25) is 0 Å². The zero-order chi connectivity index (χ0) is 16.6. The van der Waals surface area contributed by atoms with Crippen molar-refractivity contribution in [3.8, 4) is 0 Å². The number of benzene rings is 4. The molecular formula is C24H17Si. The van der Waals surface area contributed by atoms with Crippen LogP contribution in [0.25, 0.3) is 26.7 Å². The molecule has 0 saturated heterocycles. The zero-order valence-electron chi connectivity index (χ0n) is 13.8. The largest absolute Gasteiger partial charge is 0.148 e. The van der Waals surface area contributed by atoms with Crippen LogP contribution in [0.5, 0.6) is 0 Å². The van der Waals surface area contributed by atoms with Crippen LogP contribution in [0, 0.1) is 0 Å². The smallest absolute Gasteiger partial charge is 0.0872 e. The fourth-order valence-corrected chi connectivity index (χ4v) is 6.33. The Morgan fingerprint density at radius 2 is 1.20 bits per heavy atom. The summed E-state index contributed by atoms with van der Waals surface area (Å²) in [6, 6.07) is 30.8. The summed E-state index contributed by atoms with van der Waals surface area (Å²) in [4.78, 5) is 0. The molecule has 0 aliphatic carbocycles. The molecule has 0 N–H and O–H groups in total. The minimum Gasteiger partial charge on any atom is -0.0872 e. The molecule has 1 radical (unpaired) electrons. The molecule has 0 saturated carbocycles. The summed E-state index contributed by atoms with van der Waals surface area (Å²) in [5, 5.41) is 8.34. The molecule has 0 aromatic heterocycles. The Bertz CT molecular complexity index is 1140. The average Bonchev–Trinajstić information content (AvgIpc) is 3.16. The highest BCUT2D eigenvalue weighted by atomic mass is 28.3. The van der Waals surface area contributed by atoms with Gasteiger partial charge in [-0.05, 0) is 37.5 Å². The summed E-state index contributed by atoms with van der Waals surface area (Å²) in [5.41, 5.74) is 3.80. The summed E-state index contributed by atoms with van der Waals surface area (Å²) < 4.78 is 0. The Labute approximate surface area is 149 Å². The first kappa shape index (κ1) is 14.4. The first-order valence-electron chi connectivity index (χ1n) is 8.64. The SMILES string of the molecule is C1=C[Si](c2cccc3ccccc23)C(c2cccc3ccccc23)=C1. The van der Waals surface area contributed by atoms with Crippen LogP contribution < -0.4 is 5.19 Å². The molecule has 1 aliphatic rings. The van der Waals surface area contributed by atoms with Crippen LogP contribution in [0.2, 0.25) is 0 Å². The van der Waals surface area contributed by atoms with Gasteiger partial charge in [-0.15, -0.1) is 0 Å². The summed E-state index contributed by atoms with van der Waals surface area (Å²) in [6.07, 6.45) is 4.56. The van der Waals surface area contributed by atoms with Gasteiger partial charge < -0.3 is 0 Å². The lowest BCUT2D eigenvalue weighted by atomic mass is 10.0. The van der Waals surface area contributed by atoms with Crippen LogP contribution in [-0.4, -0.2) is 8.80 Å². The number of hydrogen-bond donors (Lipinski definition) is 0. The highest BCUT2D eigenvalue weighted by molar-refractivity contribution is 6.96. The van der Waals surface area contributed by atoms with E-state index < -0.39 is 8.80 Å². The van der Waals surface area contributed by atoms with E-state index >= 15 is 0 Å². The summed E-state index contributed by atoms with van der Waals surface area (Å²) >= 11 is 0. The standard InChI is InChI=1S/C24H17Si/c1-3-12-20-18(8-1)10-5-14-22(20)24-16-7-17-25(24)23-15-6-11-19-9-2-4-13-21(19)23/h1-17H. The lowest BCUT2D eigenvalue weighted by Gasteiger charge is -2.17. The van der Waals surface area contributed by atoms with Gasteiger partial charge in [0, 0.05) is 0 Å². The second kappa shape index (κ2) is 5.87. The maximum absolute atomic E-state index is 2.42. The van der Waals surface area contributed by atoms with Crippen molar-refractivity contribution in [1.29, 1.82) is 0 Å². The van der Waals surface area contributed by atoms with Crippen LogP contribution in [0.3, 0.4) is 0 Å². The van der Waals surface area contributed by atoms with Gasteiger partial charge in [-0.25, -0.2) is 0 Å². The molecule has 117 valence electrons. The van der Waals surface area contributed by atoms with Crippen molar-refractivity contribution in [3.63, 3.8) is 0 Å². The number of rotatable bonds is 2. The van der Waals surface area contributed by atoms with E-state index in [1.165, 1.54) is 37.5 Å². The van der Waals surface area contributed by atoms with Crippen LogP contribution >= 0.6 is 0 Å². The van der Waals surface area contributed by atoms with Gasteiger partial charge >= 0.3 is 0 Å². The van der Waals surface area contributed by atoms with E-state index in [1.54, 1.807) is 0 Å². The van der Waals surface area contributed by atoms with E-state index in [-0.39, 0.29) is 0 Å². The van der Waals surface area contributed by atoms with E-state index in [4.69, 9.17) is 0 Å². The first-order valence-corrected chi connectivity index (χ1v) is 10.2. The average molecular weight is 333 g/mol. The maximum atomic E-state index is 2.42. The minimum absolute atomic E-state index is 0.915. The van der Waals surface area contributed by atoms with Crippen molar-refractivity contribution in [2.75, 3.05) is 0 Å². The van der Waals surface area contributed by atoms with E-state index in [9.17, 15) is 0 Å². The van der Waals surface area contributed by atoms with Gasteiger partial charge in [0.25, 0.3) is 0 Å². The van der Waals surface area contributed by atoms with Crippen LogP contribution in [0.1, 0.15) is 5.56 Å². The van der Waals surface area contributed by atoms with Crippen molar-refractivity contribution in [3.05, 3.63) is 108 Å². The number of allylic oxidation sites excluding steroid dienone is 2. The molecule has 0 spiro atoms. The van der Waals surface area contributed by atoms with Crippen molar-refractivity contribution in [1.82, 2.24) is 0 Å². The molecule has 0 atom stereocenters. The Kier molecular flexibility index (Phi) is 3.39. The lowest BCUT2D eigenvalue weighted by Crippen LogP contribution is -2.29. The third-order valence-corrected chi connectivity index (χ3v) is 7.53. The second-order valence-electron chi connectivity index (χ2n) is 6.41. The van der Waals surface area contributed by atoms with Crippen molar-refractivity contribution in [2.24, 2.45) is 0 Å². The quantitative estimate of drug-likeness (QED) is 0.429. The molecular weight excluding hydrogens is 316 g/mol. The summed E-state index contributed by atoms with van der Waals surface area (Å²) in [5.74, 6) is 0. The molecule has 0 nitrogen and oxygen atoms in total. The van der Waals surface area contributed by atoms with Gasteiger partial charge in [-0.3, -0.25) is 0 Å². The van der Waals surface area contributed by atoms with Gasteiger partial charge in [0.1, 0.15) is 8.80 Å². The molecule has 5 rings (SSSR count). The second-order valence-corrected chi connectivity index (χ2v) is 8.64. The predicted molar refractivity (Wildman–Crippen MR) is 110 cm³/mol. The first-order chi connectivity index (χ1) is 12.4. The van der Waals surface area contributed by atoms with Gasteiger partial charge in [0.05, 0.1) is 0 Å².